The van der Waals surface area contributed by atoms with E-state index in [9.17, 15) is 0 Å². The average Bonchev–Trinajstić information content (AvgIpc) is 2.47. The zero-order valence-corrected chi connectivity index (χ0v) is 12.3. The maximum Gasteiger partial charge on any atom is 0.0772 e. The molecule has 3 unspecified atom stereocenters. The molecule has 106 valence electrons. The number of anilines is 1. The second-order valence-corrected chi connectivity index (χ2v) is 5.56. The second-order valence-electron chi connectivity index (χ2n) is 5.56. The van der Waals surface area contributed by atoms with Gasteiger partial charge < -0.3 is 15.4 Å². The molecule has 1 aliphatic heterocycles. The Morgan fingerprint density at radius 1 is 1.42 bits per heavy atom. The van der Waals surface area contributed by atoms with Gasteiger partial charge in [-0.25, -0.2) is 0 Å². The lowest BCUT2D eigenvalue weighted by molar-refractivity contribution is 0.0498. The number of hydrogen-bond donors (Lipinski definition) is 1. The van der Waals surface area contributed by atoms with Crippen LogP contribution in [0, 0.1) is 5.92 Å². The maximum atomic E-state index is 6.24. The van der Waals surface area contributed by atoms with Crippen molar-refractivity contribution in [3.05, 3.63) is 29.8 Å². The Bertz CT molecular complexity index is 407. The maximum absolute atomic E-state index is 6.24. The number of ether oxygens (including phenoxy) is 1. The van der Waals surface area contributed by atoms with Crippen LogP contribution in [-0.2, 0) is 4.74 Å². The van der Waals surface area contributed by atoms with Gasteiger partial charge >= 0.3 is 0 Å². The van der Waals surface area contributed by atoms with Crippen molar-refractivity contribution >= 4 is 5.69 Å². The summed E-state index contributed by atoms with van der Waals surface area (Å²) >= 11 is 0. The van der Waals surface area contributed by atoms with E-state index in [1.165, 1.54) is 17.7 Å². The van der Waals surface area contributed by atoms with Crippen molar-refractivity contribution in [2.45, 2.75) is 38.8 Å². The summed E-state index contributed by atoms with van der Waals surface area (Å²) in [4.78, 5) is 2.43. The third kappa shape index (κ3) is 3.10. The van der Waals surface area contributed by atoms with Crippen LogP contribution in [0.25, 0.3) is 0 Å². The van der Waals surface area contributed by atoms with E-state index < -0.39 is 0 Å². The molecule has 1 saturated heterocycles. The Labute approximate surface area is 116 Å². The molecule has 1 aromatic carbocycles. The Hall–Kier alpha value is -1.06. The van der Waals surface area contributed by atoms with Gasteiger partial charge in [-0.15, -0.1) is 0 Å². The van der Waals surface area contributed by atoms with Gasteiger partial charge in [-0.3, -0.25) is 0 Å². The van der Waals surface area contributed by atoms with Gasteiger partial charge in [-0.2, -0.15) is 0 Å². The fourth-order valence-corrected chi connectivity index (χ4v) is 2.87. The van der Waals surface area contributed by atoms with Crippen molar-refractivity contribution < 1.29 is 4.74 Å². The van der Waals surface area contributed by atoms with Crippen molar-refractivity contribution in [1.82, 2.24) is 0 Å². The molecule has 0 saturated carbocycles. The highest BCUT2D eigenvalue weighted by Crippen LogP contribution is 2.30. The monoisotopic (exact) mass is 262 g/mol. The van der Waals surface area contributed by atoms with Crippen LogP contribution in [0.4, 0.5) is 5.69 Å². The zero-order valence-electron chi connectivity index (χ0n) is 12.3. The normalized spacial score (nSPS) is 25.4. The minimum Gasteiger partial charge on any atom is -0.379 e. The number of para-hydroxylation sites is 1. The number of benzene rings is 1. The lowest BCUT2D eigenvalue weighted by Gasteiger charge is -2.39. The third-order valence-electron chi connectivity index (χ3n) is 4.31. The summed E-state index contributed by atoms with van der Waals surface area (Å²) in [5, 5.41) is 0. The third-order valence-corrected chi connectivity index (χ3v) is 4.31. The Kier molecular flexibility index (Phi) is 4.83. The van der Waals surface area contributed by atoms with Crippen LogP contribution in [0.2, 0.25) is 0 Å². The van der Waals surface area contributed by atoms with Gasteiger partial charge in [0.25, 0.3) is 0 Å². The summed E-state index contributed by atoms with van der Waals surface area (Å²) in [6.07, 6.45) is 2.46. The molecule has 0 radical (unpaired) electrons. The van der Waals surface area contributed by atoms with Crippen molar-refractivity contribution in [3.63, 3.8) is 0 Å². The van der Waals surface area contributed by atoms with Crippen LogP contribution in [-0.4, -0.2) is 26.3 Å². The molecule has 19 heavy (non-hydrogen) atoms. The van der Waals surface area contributed by atoms with E-state index >= 15 is 0 Å². The van der Waals surface area contributed by atoms with Crippen LogP contribution < -0.4 is 10.6 Å². The molecular formula is C16H26N2O. The molecule has 3 atom stereocenters. The van der Waals surface area contributed by atoms with Crippen LogP contribution in [0.1, 0.15) is 38.3 Å². The van der Waals surface area contributed by atoms with Crippen molar-refractivity contribution in [3.8, 4) is 0 Å². The molecule has 0 bridgehead atoms. The molecule has 3 heteroatoms. The summed E-state index contributed by atoms with van der Waals surface area (Å²) in [6, 6.07) is 8.64. The average molecular weight is 262 g/mol. The number of nitrogens with zero attached hydrogens (tertiary/aromatic N) is 1. The predicted molar refractivity (Wildman–Crippen MR) is 80.5 cm³/mol. The summed E-state index contributed by atoms with van der Waals surface area (Å²) in [7, 11) is 1.81. The van der Waals surface area contributed by atoms with E-state index in [0.717, 1.165) is 19.5 Å². The molecule has 1 aliphatic rings. The van der Waals surface area contributed by atoms with Crippen LogP contribution in [0.3, 0.4) is 0 Å². The molecule has 0 aromatic heterocycles. The van der Waals surface area contributed by atoms with Crippen LogP contribution >= 0.6 is 0 Å². The first-order chi connectivity index (χ1) is 9.17. The topological polar surface area (TPSA) is 38.5 Å². The second kappa shape index (κ2) is 6.40. The van der Waals surface area contributed by atoms with E-state index in [0.29, 0.717) is 12.0 Å². The molecule has 1 heterocycles. The molecule has 1 aromatic rings. The smallest absolute Gasteiger partial charge is 0.0772 e. The fraction of sp³-hybridized carbons (Fsp3) is 0.625. The van der Waals surface area contributed by atoms with E-state index in [1.807, 2.05) is 7.11 Å². The van der Waals surface area contributed by atoms with Gasteiger partial charge in [0, 0.05) is 31.9 Å². The highest BCUT2D eigenvalue weighted by atomic mass is 16.5. The number of hydrogen-bond acceptors (Lipinski definition) is 3. The van der Waals surface area contributed by atoms with Gasteiger partial charge in [-0.05, 0) is 30.4 Å². The Morgan fingerprint density at radius 3 is 2.84 bits per heavy atom. The highest BCUT2D eigenvalue weighted by Gasteiger charge is 2.27. The van der Waals surface area contributed by atoms with Gasteiger partial charge in [-0.1, -0.05) is 32.0 Å². The van der Waals surface area contributed by atoms with Gasteiger partial charge in [0.2, 0.25) is 0 Å². The van der Waals surface area contributed by atoms with Crippen molar-refractivity contribution in [2.75, 3.05) is 25.1 Å². The summed E-state index contributed by atoms with van der Waals surface area (Å²) in [5.41, 5.74) is 8.78. The number of rotatable bonds is 4. The fourth-order valence-electron chi connectivity index (χ4n) is 2.87. The van der Waals surface area contributed by atoms with E-state index in [2.05, 4.69) is 43.0 Å². The molecule has 2 rings (SSSR count). The largest absolute Gasteiger partial charge is 0.379 e. The predicted octanol–water partition coefficient (Wildman–Crippen LogP) is 2.96. The first-order valence-electron chi connectivity index (χ1n) is 7.29. The Balaban J connectivity index is 2.22. The van der Waals surface area contributed by atoms with E-state index in [4.69, 9.17) is 10.5 Å². The lowest BCUT2D eigenvalue weighted by atomic mass is 9.94. The first-order valence-corrected chi connectivity index (χ1v) is 7.29. The Morgan fingerprint density at radius 2 is 2.16 bits per heavy atom. The van der Waals surface area contributed by atoms with E-state index in [1.54, 1.807) is 0 Å². The standard InChI is InChI=1S/C16H26N2O/c1-4-14(17)13-7-5-6-8-15(13)18-10-9-12(2)16(11-18)19-3/h5-8,12,14,16H,4,9-11,17H2,1-3H3. The zero-order chi connectivity index (χ0) is 13.8. The van der Waals surface area contributed by atoms with Crippen LogP contribution in [0.5, 0.6) is 0 Å². The lowest BCUT2D eigenvalue weighted by Crippen LogP contribution is -2.44. The van der Waals surface area contributed by atoms with Crippen LogP contribution in [0.15, 0.2) is 24.3 Å². The minimum atomic E-state index is 0.122. The summed E-state index contributed by atoms with van der Waals surface area (Å²) < 4.78 is 5.61. The molecule has 3 nitrogen and oxygen atoms in total. The summed E-state index contributed by atoms with van der Waals surface area (Å²) in [6.45, 7) is 6.46. The minimum absolute atomic E-state index is 0.122. The first kappa shape index (κ1) is 14.4. The number of methoxy groups -OCH3 is 1. The molecule has 2 N–H and O–H groups in total. The van der Waals surface area contributed by atoms with E-state index in [-0.39, 0.29) is 6.04 Å². The van der Waals surface area contributed by atoms with Crippen molar-refractivity contribution in [2.24, 2.45) is 11.7 Å². The number of piperidine rings is 1. The molecule has 0 aliphatic carbocycles. The summed E-state index contributed by atoms with van der Waals surface area (Å²) in [5.74, 6) is 0.633. The van der Waals surface area contributed by atoms with Crippen molar-refractivity contribution in [1.29, 1.82) is 0 Å². The molecule has 1 fully saturated rings. The molecule has 0 amide bonds. The number of nitrogens with two attached hydrogens (primary N) is 1. The van der Waals surface area contributed by atoms with Gasteiger partial charge in [0.15, 0.2) is 0 Å². The quantitative estimate of drug-likeness (QED) is 0.906. The van der Waals surface area contributed by atoms with Gasteiger partial charge in [0.05, 0.1) is 6.10 Å². The SMILES string of the molecule is CCC(N)c1ccccc1N1CCC(C)C(OC)C1. The molecule has 0 spiro atoms. The van der Waals surface area contributed by atoms with Gasteiger partial charge in [0.1, 0.15) is 0 Å². The molecular weight excluding hydrogens is 236 g/mol. The highest BCUT2D eigenvalue weighted by molar-refractivity contribution is 5.55.